The first kappa shape index (κ1) is 23.8. The second-order valence-corrected chi connectivity index (χ2v) is 10.1. The van der Waals surface area contributed by atoms with E-state index in [0.29, 0.717) is 49.8 Å². The summed E-state index contributed by atoms with van der Waals surface area (Å²) >= 11 is 1.16. The Balaban J connectivity index is 1.26. The van der Waals surface area contributed by atoms with Crippen LogP contribution in [0.2, 0.25) is 0 Å². The number of ether oxygens (including phenoxy) is 1. The molecule has 4 rings (SSSR count). The molecule has 0 radical (unpaired) electrons. The quantitative estimate of drug-likeness (QED) is 0.500. The Morgan fingerprint density at radius 1 is 1.12 bits per heavy atom. The Morgan fingerprint density at radius 2 is 1.82 bits per heavy atom. The number of anilines is 1. The van der Waals surface area contributed by atoms with Crippen LogP contribution in [0.5, 0.6) is 5.75 Å². The van der Waals surface area contributed by atoms with Gasteiger partial charge in [-0.2, -0.15) is 0 Å². The minimum absolute atomic E-state index is 0.0292. The average Bonchev–Trinajstić information content (AvgIpc) is 3.54. The third kappa shape index (κ3) is 5.57. The fourth-order valence-corrected chi connectivity index (χ4v) is 5.50. The van der Waals surface area contributed by atoms with E-state index in [0.717, 1.165) is 11.3 Å². The van der Waals surface area contributed by atoms with Crippen LogP contribution in [0.25, 0.3) is 0 Å². The number of benzene rings is 1. The van der Waals surface area contributed by atoms with Crippen LogP contribution in [-0.2, 0) is 21.2 Å². The van der Waals surface area contributed by atoms with Gasteiger partial charge in [0.2, 0.25) is 5.91 Å². The summed E-state index contributed by atoms with van der Waals surface area (Å²) in [5, 5.41) is 1.97. The molecule has 1 N–H and O–H groups in total. The van der Waals surface area contributed by atoms with Crippen molar-refractivity contribution < 1.29 is 27.2 Å². The minimum atomic E-state index is -3.77. The number of hydrogen-bond donors (Lipinski definition) is 1. The molecule has 10 nitrogen and oxygen atoms in total. The normalized spacial score (nSPS) is 14.1. The topological polar surface area (TPSA) is 122 Å². The van der Waals surface area contributed by atoms with Crippen LogP contribution in [0.4, 0.5) is 5.13 Å². The van der Waals surface area contributed by atoms with Gasteiger partial charge in [-0.05, 0) is 42.8 Å². The number of aryl methyl sites for hydroxylation is 1. The van der Waals surface area contributed by atoms with Crippen molar-refractivity contribution >= 4 is 38.3 Å². The second-order valence-electron chi connectivity index (χ2n) is 7.58. The number of sulfonamides is 1. The molecule has 0 saturated carbocycles. The maximum absolute atomic E-state index is 12.6. The third-order valence-corrected chi connectivity index (χ3v) is 7.68. The van der Waals surface area contributed by atoms with Crippen molar-refractivity contribution in [3.63, 3.8) is 0 Å². The molecule has 180 valence electrons. The molecule has 2 aromatic heterocycles. The van der Waals surface area contributed by atoms with Gasteiger partial charge in [0, 0.05) is 38.0 Å². The number of amides is 2. The Labute approximate surface area is 201 Å². The van der Waals surface area contributed by atoms with E-state index < -0.39 is 10.0 Å². The van der Waals surface area contributed by atoms with E-state index >= 15 is 0 Å². The lowest BCUT2D eigenvalue weighted by Gasteiger charge is -2.34. The smallest absolute Gasteiger partial charge is 0.289 e. The highest BCUT2D eigenvalue weighted by Crippen LogP contribution is 2.22. The number of rotatable bonds is 8. The van der Waals surface area contributed by atoms with Crippen LogP contribution in [0.1, 0.15) is 22.7 Å². The monoisotopic (exact) mass is 504 g/mol. The van der Waals surface area contributed by atoms with Gasteiger partial charge in [0.1, 0.15) is 5.75 Å². The van der Waals surface area contributed by atoms with Crippen molar-refractivity contribution in [2.24, 2.45) is 0 Å². The predicted octanol–water partition coefficient (Wildman–Crippen LogP) is 2.46. The fraction of sp³-hybridized carbons (Fsp3) is 0.318. The summed E-state index contributed by atoms with van der Waals surface area (Å²) in [6.45, 7) is 1.79. The number of nitrogens with one attached hydrogen (secondary N) is 1. The number of aromatic nitrogens is 1. The maximum atomic E-state index is 12.6. The summed E-state index contributed by atoms with van der Waals surface area (Å²) in [6.07, 6.45) is 2.10. The molecule has 0 atom stereocenters. The summed E-state index contributed by atoms with van der Waals surface area (Å²) < 4.78 is 37.8. The zero-order valence-corrected chi connectivity index (χ0v) is 20.1. The van der Waals surface area contributed by atoms with Crippen molar-refractivity contribution in [1.82, 2.24) is 14.8 Å². The molecule has 2 amide bonds. The molecule has 1 aliphatic rings. The molecule has 0 unspecified atom stereocenters. The molecule has 1 aliphatic heterocycles. The summed E-state index contributed by atoms with van der Waals surface area (Å²) in [5.74, 6) is 0.648. The molecule has 1 saturated heterocycles. The number of piperazine rings is 1. The Morgan fingerprint density at radius 3 is 2.47 bits per heavy atom. The summed E-state index contributed by atoms with van der Waals surface area (Å²) in [7, 11) is -2.27. The number of thiazole rings is 1. The largest absolute Gasteiger partial charge is 0.497 e. The minimum Gasteiger partial charge on any atom is -0.497 e. The number of carbonyl (C=O) groups is 2. The highest BCUT2D eigenvalue weighted by molar-refractivity contribution is 7.93. The molecule has 0 spiro atoms. The number of nitrogens with zero attached hydrogens (tertiary/aromatic N) is 3. The van der Waals surface area contributed by atoms with E-state index in [1.807, 2.05) is 0 Å². The van der Waals surface area contributed by atoms with Crippen LogP contribution in [0.15, 0.2) is 57.4 Å². The number of hydrogen-bond acceptors (Lipinski definition) is 8. The number of furan rings is 1. The lowest BCUT2D eigenvalue weighted by molar-refractivity contribution is -0.132. The molecule has 3 aromatic rings. The summed E-state index contributed by atoms with van der Waals surface area (Å²) in [4.78, 5) is 32.7. The van der Waals surface area contributed by atoms with Gasteiger partial charge in [0.15, 0.2) is 10.9 Å². The first-order valence-corrected chi connectivity index (χ1v) is 12.9. The molecule has 3 heterocycles. The molecule has 0 aliphatic carbocycles. The molecule has 1 fully saturated rings. The fourth-order valence-electron chi connectivity index (χ4n) is 3.51. The van der Waals surface area contributed by atoms with Gasteiger partial charge < -0.3 is 19.0 Å². The number of methoxy groups -OCH3 is 1. The highest BCUT2D eigenvalue weighted by atomic mass is 32.2. The van der Waals surface area contributed by atoms with Crippen molar-refractivity contribution in [1.29, 1.82) is 0 Å². The van der Waals surface area contributed by atoms with E-state index in [9.17, 15) is 18.0 Å². The van der Waals surface area contributed by atoms with E-state index in [1.165, 1.54) is 25.5 Å². The van der Waals surface area contributed by atoms with Gasteiger partial charge in [-0.25, -0.2) is 13.4 Å². The predicted molar refractivity (Wildman–Crippen MR) is 125 cm³/mol. The molecule has 12 heteroatoms. The summed E-state index contributed by atoms with van der Waals surface area (Å²) in [5.41, 5.74) is 0.636. The first-order chi connectivity index (χ1) is 16.4. The lowest BCUT2D eigenvalue weighted by atomic mass is 10.2. The zero-order chi connectivity index (χ0) is 24.1. The van der Waals surface area contributed by atoms with Gasteiger partial charge in [-0.3, -0.25) is 14.3 Å². The number of carbonyl (C=O) groups excluding carboxylic acids is 2. The molecule has 34 heavy (non-hydrogen) atoms. The maximum Gasteiger partial charge on any atom is 0.289 e. The third-order valence-electron chi connectivity index (χ3n) is 5.39. The van der Waals surface area contributed by atoms with Gasteiger partial charge in [0.25, 0.3) is 15.9 Å². The zero-order valence-electron chi connectivity index (χ0n) is 18.5. The van der Waals surface area contributed by atoms with E-state index in [-0.39, 0.29) is 28.3 Å². The van der Waals surface area contributed by atoms with Gasteiger partial charge >= 0.3 is 0 Å². The molecular formula is C22H24N4O6S2. The Hall–Kier alpha value is -3.38. The average molecular weight is 505 g/mol. The van der Waals surface area contributed by atoms with Crippen LogP contribution < -0.4 is 9.46 Å². The lowest BCUT2D eigenvalue weighted by Crippen LogP contribution is -2.50. The highest BCUT2D eigenvalue weighted by Gasteiger charge is 2.26. The van der Waals surface area contributed by atoms with Crippen molar-refractivity contribution in [3.05, 3.63) is 59.5 Å². The molecule has 1 aromatic carbocycles. The van der Waals surface area contributed by atoms with Crippen LogP contribution in [-0.4, -0.2) is 68.3 Å². The van der Waals surface area contributed by atoms with E-state index in [1.54, 1.807) is 39.4 Å². The van der Waals surface area contributed by atoms with Crippen LogP contribution >= 0.6 is 11.3 Å². The SMILES string of the molecule is COc1ccc(S(=O)(=O)Nc2nc(CCC(=O)N3CCN(C(=O)c4ccco4)CC3)cs2)cc1. The standard InChI is InChI=1S/C22H24N4O6S2/c1-31-17-5-7-18(8-6-17)34(29,30)24-22-23-16(15-33-22)4-9-20(27)25-10-12-26(13-11-25)21(28)19-3-2-14-32-19/h2-3,5-8,14-15H,4,9-13H2,1H3,(H,23,24). The Bertz CT molecular complexity index is 1230. The van der Waals surface area contributed by atoms with Gasteiger partial charge in [-0.15, -0.1) is 11.3 Å². The Kier molecular flexibility index (Phi) is 7.17. The van der Waals surface area contributed by atoms with E-state index in [2.05, 4.69) is 9.71 Å². The first-order valence-electron chi connectivity index (χ1n) is 10.6. The van der Waals surface area contributed by atoms with Crippen LogP contribution in [0.3, 0.4) is 0 Å². The molecule has 0 bridgehead atoms. The van der Waals surface area contributed by atoms with Gasteiger partial charge in [0.05, 0.1) is 24.0 Å². The van der Waals surface area contributed by atoms with Crippen molar-refractivity contribution in [2.45, 2.75) is 17.7 Å². The van der Waals surface area contributed by atoms with E-state index in [4.69, 9.17) is 9.15 Å². The van der Waals surface area contributed by atoms with Gasteiger partial charge in [-0.1, -0.05) is 0 Å². The van der Waals surface area contributed by atoms with Crippen LogP contribution in [0, 0.1) is 0 Å². The summed E-state index contributed by atoms with van der Waals surface area (Å²) in [6, 6.07) is 9.34. The van der Waals surface area contributed by atoms with Crippen molar-refractivity contribution in [3.8, 4) is 5.75 Å². The second kappa shape index (κ2) is 10.3. The van der Waals surface area contributed by atoms with Crippen molar-refractivity contribution in [2.75, 3.05) is 38.0 Å². The molecular weight excluding hydrogens is 480 g/mol.